The van der Waals surface area contributed by atoms with Crippen molar-refractivity contribution >= 4 is 17.3 Å². The lowest BCUT2D eigenvalue weighted by molar-refractivity contribution is -0.0342. The number of carbonyl (C=O) groups excluding carboxylic acids is 1. The van der Waals surface area contributed by atoms with E-state index >= 15 is 0 Å². The first-order valence-electron chi connectivity index (χ1n) is 10.9. The lowest BCUT2D eigenvalue weighted by Crippen LogP contribution is -2.52. The minimum absolute atomic E-state index is 0.129. The van der Waals surface area contributed by atoms with Crippen LogP contribution in [0.4, 0.5) is 0 Å². The molecule has 2 fully saturated rings. The second kappa shape index (κ2) is 8.85. The SMILES string of the molecule is COc1ccccc1[C@@H]1C[C@H]2CC[C@@H]([C@@H]1OC(=O)c1cccs1)N2Cc1ccccc1. The zero-order valence-electron chi connectivity index (χ0n) is 17.6. The molecule has 0 saturated carbocycles. The van der Waals surface area contributed by atoms with Gasteiger partial charge in [-0.3, -0.25) is 4.90 Å². The molecule has 0 N–H and O–H groups in total. The van der Waals surface area contributed by atoms with Crippen LogP contribution in [0.5, 0.6) is 5.75 Å². The number of para-hydroxylation sites is 1. The molecule has 4 nitrogen and oxygen atoms in total. The van der Waals surface area contributed by atoms with E-state index in [4.69, 9.17) is 9.47 Å². The molecule has 0 aliphatic carbocycles. The van der Waals surface area contributed by atoms with E-state index in [1.807, 2.05) is 35.7 Å². The monoisotopic (exact) mass is 433 g/mol. The minimum atomic E-state index is -0.218. The first-order valence-corrected chi connectivity index (χ1v) is 11.8. The van der Waals surface area contributed by atoms with Gasteiger partial charge in [0.15, 0.2) is 0 Å². The number of piperidine rings is 1. The first-order chi connectivity index (χ1) is 15.2. The largest absolute Gasteiger partial charge is 0.496 e. The highest BCUT2D eigenvalue weighted by Gasteiger charge is 2.50. The van der Waals surface area contributed by atoms with E-state index in [1.54, 1.807) is 7.11 Å². The molecule has 2 aromatic carbocycles. The van der Waals surface area contributed by atoms with Crippen molar-refractivity contribution in [2.24, 2.45) is 0 Å². The Labute approximate surface area is 187 Å². The molecule has 2 saturated heterocycles. The van der Waals surface area contributed by atoms with E-state index in [9.17, 15) is 4.79 Å². The van der Waals surface area contributed by atoms with E-state index in [0.29, 0.717) is 10.9 Å². The molecular weight excluding hydrogens is 406 g/mol. The molecule has 5 heteroatoms. The van der Waals surface area contributed by atoms with Gasteiger partial charge in [0.25, 0.3) is 0 Å². The maximum atomic E-state index is 13.0. The molecule has 2 aliphatic heterocycles. The fraction of sp³-hybridized carbons (Fsp3) is 0.346. The Morgan fingerprint density at radius 3 is 2.61 bits per heavy atom. The summed E-state index contributed by atoms with van der Waals surface area (Å²) in [5.74, 6) is 0.787. The standard InChI is InChI=1S/C26H27NO3S/c1-29-23-11-6-5-10-20(23)21-16-19-13-14-22(27(19)17-18-8-3-2-4-9-18)25(21)30-26(28)24-12-7-15-31-24/h2-12,15,19,21-22,25H,13-14,16-17H2,1H3/t19-,21+,22+,25-/m1/s1. The number of rotatable bonds is 6. The van der Waals surface area contributed by atoms with E-state index in [0.717, 1.165) is 37.1 Å². The van der Waals surface area contributed by atoms with Crippen LogP contribution in [-0.2, 0) is 11.3 Å². The van der Waals surface area contributed by atoms with Crippen LogP contribution in [-0.4, -0.2) is 36.2 Å². The number of carbonyl (C=O) groups is 1. The Balaban J connectivity index is 1.48. The molecule has 0 radical (unpaired) electrons. The molecule has 3 heterocycles. The summed E-state index contributed by atoms with van der Waals surface area (Å²) in [7, 11) is 1.71. The van der Waals surface area contributed by atoms with Gasteiger partial charge >= 0.3 is 5.97 Å². The fourth-order valence-corrected chi connectivity index (χ4v) is 5.93. The molecule has 3 aromatic rings. The van der Waals surface area contributed by atoms with E-state index < -0.39 is 0 Å². The highest BCUT2D eigenvalue weighted by Crippen LogP contribution is 2.47. The van der Waals surface area contributed by atoms with Crippen LogP contribution in [0.1, 0.15) is 46.0 Å². The molecule has 0 amide bonds. The van der Waals surface area contributed by atoms with Crippen molar-refractivity contribution in [3.8, 4) is 5.75 Å². The molecular formula is C26H27NO3S. The molecule has 2 aliphatic rings. The maximum absolute atomic E-state index is 13.0. The number of hydrogen-bond acceptors (Lipinski definition) is 5. The molecule has 0 unspecified atom stereocenters. The predicted molar refractivity (Wildman–Crippen MR) is 123 cm³/mol. The van der Waals surface area contributed by atoms with Gasteiger partial charge in [-0.15, -0.1) is 11.3 Å². The second-order valence-corrected chi connectivity index (χ2v) is 9.34. The number of esters is 1. The molecule has 4 atom stereocenters. The molecule has 1 aromatic heterocycles. The van der Waals surface area contributed by atoms with Gasteiger partial charge in [0.05, 0.1) is 7.11 Å². The van der Waals surface area contributed by atoms with Crippen LogP contribution in [0, 0.1) is 0 Å². The highest BCUT2D eigenvalue weighted by atomic mass is 32.1. The number of benzene rings is 2. The highest BCUT2D eigenvalue weighted by molar-refractivity contribution is 7.11. The van der Waals surface area contributed by atoms with Gasteiger partial charge in [0.2, 0.25) is 0 Å². The number of nitrogens with zero attached hydrogens (tertiary/aromatic N) is 1. The van der Waals surface area contributed by atoms with Crippen LogP contribution in [0.3, 0.4) is 0 Å². The summed E-state index contributed by atoms with van der Waals surface area (Å²) in [6.07, 6.45) is 2.95. The Kier molecular flexibility index (Phi) is 5.79. The molecule has 5 rings (SSSR count). The Morgan fingerprint density at radius 2 is 1.84 bits per heavy atom. The zero-order chi connectivity index (χ0) is 21.2. The van der Waals surface area contributed by atoms with Crippen molar-refractivity contribution in [1.82, 2.24) is 4.90 Å². The van der Waals surface area contributed by atoms with Crippen LogP contribution in [0.2, 0.25) is 0 Å². The third-order valence-electron chi connectivity index (χ3n) is 6.70. The number of ether oxygens (including phenoxy) is 2. The van der Waals surface area contributed by atoms with Gasteiger partial charge in [-0.2, -0.15) is 0 Å². The van der Waals surface area contributed by atoms with Crippen molar-refractivity contribution in [2.75, 3.05) is 7.11 Å². The topological polar surface area (TPSA) is 38.8 Å². The van der Waals surface area contributed by atoms with Crippen LogP contribution in [0.15, 0.2) is 72.1 Å². The van der Waals surface area contributed by atoms with Crippen molar-refractivity contribution in [3.05, 3.63) is 88.1 Å². The van der Waals surface area contributed by atoms with Crippen molar-refractivity contribution < 1.29 is 14.3 Å². The molecule has 31 heavy (non-hydrogen) atoms. The average Bonchev–Trinajstić information content (AvgIpc) is 3.44. The molecule has 2 bridgehead atoms. The van der Waals surface area contributed by atoms with E-state index in [1.165, 1.54) is 16.9 Å². The number of thiophene rings is 1. The quantitative estimate of drug-likeness (QED) is 0.481. The van der Waals surface area contributed by atoms with Gasteiger partial charge in [-0.1, -0.05) is 54.6 Å². The van der Waals surface area contributed by atoms with Crippen LogP contribution >= 0.6 is 11.3 Å². The number of methoxy groups -OCH3 is 1. The van der Waals surface area contributed by atoms with Crippen molar-refractivity contribution in [1.29, 1.82) is 0 Å². The number of hydrogen-bond donors (Lipinski definition) is 0. The third-order valence-corrected chi connectivity index (χ3v) is 7.55. The van der Waals surface area contributed by atoms with Gasteiger partial charge in [0.1, 0.15) is 16.7 Å². The summed E-state index contributed by atoms with van der Waals surface area (Å²) in [4.78, 5) is 16.2. The fourth-order valence-electron chi connectivity index (χ4n) is 5.32. The maximum Gasteiger partial charge on any atom is 0.348 e. The van der Waals surface area contributed by atoms with Crippen molar-refractivity contribution in [3.63, 3.8) is 0 Å². The van der Waals surface area contributed by atoms with Gasteiger partial charge in [-0.05, 0) is 42.3 Å². The first kappa shape index (κ1) is 20.3. The van der Waals surface area contributed by atoms with Crippen molar-refractivity contribution in [2.45, 2.75) is 49.9 Å². The summed E-state index contributed by atoms with van der Waals surface area (Å²) in [5.41, 5.74) is 2.45. The molecule has 160 valence electrons. The predicted octanol–water partition coefficient (Wildman–Crippen LogP) is 5.50. The summed E-state index contributed by atoms with van der Waals surface area (Å²) >= 11 is 1.43. The zero-order valence-corrected chi connectivity index (χ0v) is 18.5. The lowest BCUT2D eigenvalue weighted by atomic mass is 9.81. The van der Waals surface area contributed by atoms with E-state index in [2.05, 4.69) is 41.3 Å². The Hall–Kier alpha value is -2.63. The summed E-state index contributed by atoms with van der Waals surface area (Å²) in [5, 5.41) is 1.92. The van der Waals surface area contributed by atoms with Crippen LogP contribution < -0.4 is 4.74 Å². The van der Waals surface area contributed by atoms with Gasteiger partial charge < -0.3 is 9.47 Å². The normalized spacial score (nSPS) is 25.3. The summed E-state index contributed by atoms with van der Waals surface area (Å²) in [6.45, 7) is 0.891. The summed E-state index contributed by atoms with van der Waals surface area (Å²) < 4.78 is 12.0. The lowest BCUT2D eigenvalue weighted by Gasteiger charge is -2.44. The van der Waals surface area contributed by atoms with Gasteiger partial charge in [0, 0.05) is 30.1 Å². The van der Waals surface area contributed by atoms with Gasteiger partial charge in [-0.25, -0.2) is 4.79 Å². The molecule has 0 spiro atoms. The number of fused-ring (bicyclic) bond motifs is 2. The second-order valence-electron chi connectivity index (χ2n) is 8.39. The smallest absolute Gasteiger partial charge is 0.348 e. The third kappa shape index (κ3) is 4.00. The van der Waals surface area contributed by atoms with Crippen LogP contribution in [0.25, 0.3) is 0 Å². The average molecular weight is 434 g/mol. The Bertz CT molecular complexity index is 1020. The summed E-state index contributed by atoms with van der Waals surface area (Å²) in [6, 6.07) is 23.2. The minimum Gasteiger partial charge on any atom is -0.496 e. The van der Waals surface area contributed by atoms with E-state index in [-0.39, 0.29) is 24.0 Å². The Morgan fingerprint density at radius 1 is 1.03 bits per heavy atom.